The summed E-state index contributed by atoms with van der Waals surface area (Å²) in [4.78, 5) is 0. The molecule has 0 aromatic heterocycles. The maximum atomic E-state index is 3.52. The minimum Gasteiger partial charge on any atom is -0.312 e. The zero-order chi connectivity index (χ0) is 10.8. The van der Waals surface area contributed by atoms with Crippen LogP contribution in [0.4, 0.5) is 0 Å². The molecule has 1 aliphatic rings. The Bertz CT molecular complexity index is 341. The molecule has 2 rings (SSSR count). The van der Waals surface area contributed by atoms with Gasteiger partial charge in [-0.3, -0.25) is 0 Å². The first-order valence-corrected chi connectivity index (χ1v) is 5.97. The molecule has 0 fully saturated rings. The van der Waals surface area contributed by atoms with Crippen LogP contribution in [0.5, 0.6) is 0 Å². The van der Waals surface area contributed by atoms with E-state index in [1.807, 2.05) is 0 Å². The second-order valence-corrected chi connectivity index (χ2v) is 5.16. The number of aryl methyl sites for hydroxylation is 1. The summed E-state index contributed by atoms with van der Waals surface area (Å²) in [6.07, 6.45) is 1.29. The van der Waals surface area contributed by atoms with Gasteiger partial charge in [0.2, 0.25) is 0 Å². The summed E-state index contributed by atoms with van der Waals surface area (Å²) in [6, 6.07) is 6.91. The molecule has 15 heavy (non-hydrogen) atoms. The van der Waals surface area contributed by atoms with E-state index >= 15 is 0 Å². The molecule has 82 valence electrons. The molecule has 0 amide bonds. The number of benzene rings is 1. The Balaban J connectivity index is 2.26. The lowest BCUT2D eigenvalue weighted by atomic mass is 9.84. The monoisotopic (exact) mass is 203 g/mol. The lowest BCUT2D eigenvalue weighted by Gasteiger charge is -2.28. The van der Waals surface area contributed by atoms with Crippen LogP contribution in [-0.2, 0) is 6.54 Å². The maximum absolute atomic E-state index is 3.52. The van der Waals surface area contributed by atoms with Crippen molar-refractivity contribution in [2.45, 2.75) is 39.7 Å². The van der Waals surface area contributed by atoms with Crippen LogP contribution in [0, 0.1) is 12.8 Å². The summed E-state index contributed by atoms with van der Waals surface area (Å²) in [7, 11) is 0. The van der Waals surface area contributed by atoms with E-state index in [9.17, 15) is 0 Å². The zero-order valence-corrected chi connectivity index (χ0v) is 10.0. The molecule has 0 aliphatic carbocycles. The van der Waals surface area contributed by atoms with Gasteiger partial charge in [0, 0.05) is 13.1 Å². The molecule has 1 heterocycles. The molecule has 1 aliphatic heterocycles. The standard InChI is InChI=1S/C14H21N/c1-10(2)6-12-8-15-9-13-7-11(3)4-5-14(12)13/h4-5,7,10,12,15H,6,8-9H2,1-3H3. The smallest absolute Gasteiger partial charge is 0.0208 e. The molecule has 0 bridgehead atoms. The quantitative estimate of drug-likeness (QED) is 0.778. The first kappa shape index (κ1) is 10.7. The van der Waals surface area contributed by atoms with Crippen molar-refractivity contribution in [1.29, 1.82) is 0 Å². The molecule has 1 aromatic rings. The summed E-state index contributed by atoms with van der Waals surface area (Å²) in [6.45, 7) is 8.98. The Hall–Kier alpha value is -0.820. The van der Waals surface area contributed by atoms with Gasteiger partial charge >= 0.3 is 0 Å². The first-order chi connectivity index (χ1) is 7.16. The van der Waals surface area contributed by atoms with Crippen molar-refractivity contribution in [3.63, 3.8) is 0 Å². The van der Waals surface area contributed by atoms with Crippen LogP contribution in [-0.4, -0.2) is 6.54 Å². The van der Waals surface area contributed by atoms with Crippen LogP contribution < -0.4 is 5.32 Å². The number of hydrogen-bond acceptors (Lipinski definition) is 1. The highest BCUT2D eigenvalue weighted by Crippen LogP contribution is 2.29. The molecule has 1 aromatic carbocycles. The molecule has 0 spiro atoms. The van der Waals surface area contributed by atoms with Crippen molar-refractivity contribution < 1.29 is 0 Å². The van der Waals surface area contributed by atoms with Gasteiger partial charge < -0.3 is 5.32 Å². The van der Waals surface area contributed by atoms with E-state index < -0.39 is 0 Å². The van der Waals surface area contributed by atoms with Crippen LogP contribution in [0.25, 0.3) is 0 Å². The molecular formula is C14H21N. The van der Waals surface area contributed by atoms with E-state index in [0.717, 1.165) is 19.0 Å². The fourth-order valence-electron chi connectivity index (χ4n) is 2.56. The highest BCUT2D eigenvalue weighted by molar-refractivity contribution is 5.36. The van der Waals surface area contributed by atoms with Gasteiger partial charge in [0.05, 0.1) is 0 Å². The molecule has 1 heteroatoms. The summed E-state index contributed by atoms with van der Waals surface area (Å²) in [5, 5.41) is 3.52. The van der Waals surface area contributed by atoms with Crippen LogP contribution in [0.3, 0.4) is 0 Å². The van der Waals surface area contributed by atoms with Crippen molar-refractivity contribution >= 4 is 0 Å². The predicted octanol–water partition coefficient (Wildman–Crippen LogP) is 3.23. The minimum absolute atomic E-state index is 0.717. The van der Waals surface area contributed by atoms with Crippen molar-refractivity contribution in [1.82, 2.24) is 5.32 Å². The summed E-state index contributed by atoms with van der Waals surface area (Å²) in [5.41, 5.74) is 4.46. The fourth-order valence-corrected chi connectivity index (χ4v) is 2.56. The van der Waals surface area contributed by atoms with Crippen LogP contribution >= 0.6 is 0 Å². The number of rotatable bonds is 2. The van der Waals surface area contributed by atoms with Gasteiger partial charge in [-0.05, 0) is 36.3 Å². The second-order valence-electron chi connectivity index (χ2n) is 5.16. The highest BCUT2D eigenvalue weighted by Gasteiger charge is 2.20. The Kier molecular flexibility index (Phi) is 3.11. The molecule has 1 N–H and O–H groups in total. The highest BCUT2D eigenvalue weighted by atomic mass is 14.9. The third-order valence-corrected chi connectivity index (χ3v) is 3.20. The van der Waals surface area contributed by atoms with Gasteiger partial charge in [-0.25, -0.2) is 0 Å². The van der Waals surface area contributed by atoms with E-state index in [2.05, 4.69) is 44.3 Å². The van der Waals surface area contributed by atoms with Gasteiger partial charge in [0.1, 0.15) is 0 Å². The minimum atomic E-state index is 0.717. The van der Waals surface area contributed by atoms with Crippen LogP contribution in [0.15, 0.2) is 18.2 Å². The van der Waals surface area contributed by atoms with Crippen molar-refractivity contribution in [2.75, 3.05) is 6.54 Å². The molecule has 1 unspecified atom stereocenters. The molecule has 0 radical (unpaired) electrons. The topological polar surface area (TPSA) is 12.0 Å². The summed E-state index contributed by atoms with van der Waals surface area (Å²) < 4.78 is 0. The average molecular weight is 203 g/mol. The van der Waals surface area contributed by atoms with Gasteiger partial charge in [0.15, 0.2) is 0 Å². The number of nitrogens with one attached hydrogen (secondary N) is 1. The Labute approximate surface area is 92.9 Å². The van der Waals surface area contributed by atoms with E-state index in [1.54, 1.807) is 5.56 Å². The van der Waals surface area contributed by atoms with Crippen molar-refractivity contribution in [3.05, 3.63) is 34.9 Å². The van der Waals surface area contributed by atoms with Gasteiger partial charge in [-0.2, -0.15) is 0 Å². The van der Waals surface area contributed by atoms with Gasteiger partial charge in [0.25, 0.3) is 0 Å². The number of hydrogen-bond donors (Lipinski definition) is 1. The zero-order valence-electron chi connectivity index (χ0n) is 10.0. The first-order valence-electron chi connectivity index (χ1n) is 5.97. The Morgan fingerprint density at radius 3 is 2.93 bits per heavy atom. The van der Waals surface area contributed by atoms with E-state index in [0.29, 0.717) is 5.92 Å². The third kappa shape index (κ3) is 2.40. The lowest BCUT2D eigenvalue weighted by Crippen LogP contribution is -2.29. The summed E-state index contributed by atoms with van der Waals surface area (Å²) in [5.74, 6) is 1.50. The van der Waals surface area contributed by atoms with Gasteiger partial charge in [-0.15, -0.1) is 0 Å². The largest absolute Gasteiger partial charge is 0.312 e. The Morgan fingerprint density at radius 2 is 2.20 bits per heavy atom. The molecule has 1 atom stereocenters. The maximum Gasteiger partial charge on any atom is 0.0208 e. The molecule has 0 saturated carbocycles. The van der Waals surface area contributed by atoms with Gasteiger partial charge in [-0.1, -0.05) is 37.6 Å². The molecule has 0 saturated heterocycles. The molecule has 1 nitrogen and oxygen atoms in total. The lowest BCUT2D eigenvalue weighted by molar-refractivity contribution is 0.448. The SMILES string of the molecule is Cc1ccc2c(c1)CNCC2CC(C)C. The van der Waals surface area contributed by atoms with E-state index in [-0.39, 0.29) is 0 Å². The molecular weight excluding hydrogens is 182 g/mol. The summed E-state index contributed by atoms with van der Waals surface area (Å²) >= 11 is 0. The van der Waals surface area contributed by atoms with Crippen LogP contribution in [0.2, 0.25) is 0 Å². The third-order valence-electron chi connectivity index (χ3n) is 3.20. The second kappa shape index (κ2) is 4.36. The fraction of sp³-hybridized carbons (Fsp3) is 0.571. The normalized spacial score (nSPS) is 20.4. The van der Waals surface area contributed by atoms with Crippen LogP contribution in [0.1, 0.15) is 42.9 Å². The van der Waals surface area contributed by atoms with Crippen molar-refractivity contribution in [2.24, 2.45) is 5.92 Å². The van der Waals surface area contributed by atoms with E-state index in [1.165, 1.54) is 17.5 Å². The van der Waals surface area contributed by atoms with Crippen molar-refractivity contribution in [3.8, 4) is 0 Å². The average Bonchev–Trinajstić information content (AvgIpc) is 2.16. The Morgan fingerprint density at radius 1 is 1.40 bits per heavy atom. The van der Waals surface area contributed by atoms with E-state index in [4.69, 9.17) is 0 Å². The predicted molar refractivity (Wildman–Crippen MR) is 65.1 cm³/mol. The number of fused-ring (bicyclic) bond motifs is 1.